The minimum Gasteiger partial charge on any atom is -0.491 e. The lowest BCUT2D eigenvalue weighted by Gasteiger charge is -2.38. The van der Waals surface area contributed by atoms with Crippen molar-refractivity contribution < 1.29 is 32.6 Å². The molecule has 53 heavy (non-hydrogen) atoms. The first-order valence-corrected chi connectivity index (χ1v) is 17.8. The van der Waals surface area contributed by atoms with Crippen molar-refractivity contribution in [2.45, 2.75) is 85.1 Å². The van der Waals surface area contributed by atoms with Crippen molar-refractivity contribution in [1.82, 2.24) is 20.2 Å². The maximum atomic E-state index is 15.0. The molecule has 0 saturated carbocycles. The second-order valence-electron chi connectivity index (χ2n) is 14.7. The van der Waals surface area contributed by atoms with E-state index in [1.807, 2.05) is 87.2 Å². The molecule has 10 nitrogen and oxygen atoms in total. The molecular weight excluding hydrogens is 680 g/mol. The largest absolute Gasteiger partial charge is 0.491 e. The lowest BCUT2D eigenvalue weighted by atomic mass is 9.99. The van der Waals surface area contributed by atoms with Gasteiger partial charge in [-0.05, 0) is 119 Å². The van der Waals surface area contributed by atoms with Gasteiger partial charge in [-0.2, -0.15) is 0 Å². The van der Waals surface area contributed by atoms with Crippen molar-refractivity contribution in [3.8, 4) is 28.0 Å². The fourth-order valence-electron chi connectivity index (χ4n) is 5.96. The number of hydrogen-bond donors (Lipinski definition) is 2. The topological polar surface area (TPSA) is 115 Å². The van der Waals surface area contributed by atoms with Crippen LogP contribution in [0.15, 0.2) is 73.1 Å². The molecule has 3 heterocycles. The molecule has 2 N–H and O–H groups in total. The zero-order chi connectivity index (χ0) is 38.3. The van der Waals surface area contributed by atoms with Crippen molar-refractivity contribution in [1.29, 1.82) is 0 Å². The van der Waals surface area contributed by atoms with Crippen LogP contribution in [0.1, 0.15) is 68.3 Å². The fraction of sp³-hybridized carbons (Fsp3) is 0.415. The van der Waals surface area contributed by atoms with Crippen LogP contribution in [-0.4, -0.2) is 76.8 Å². The third-order valence-electron chi connectivity index (χ3n) is 8.61. The molecule has 1 fully saturated rings. The maximum Gasteiger partial charge on any atom is 0.408 e. The average Bonchev–Trinajstić information content (AvgIpc) is 3.08. The summed E-state index contributed by atoms with van der Waals surface area (Å²) in [7, 11) is 0. The molecule has 2 amide bonds. The molecule has 2 aromatic heterocycles. The molecule has 0 radical (unpaired) electrons. The van der Waals surface area contributed by atoms with Crippen LogP contribution in [0.2, 0.25) is 0 Å². The van der Waals surface area contributed by atoms with Crippen LogP contribution < -0.4 is 15.4 Å². The highest BCUT2D eigenvalue weighted by atomic mass is 19.3. The quantitative estimate of drug-likeness (QED) is 0.140. The monoisotopic (exact) mass is 729 g/mol. The van der Waals surface area contributed by atoms with Gasteiger partial charge in [-0.3, -0.25) is 19.7 Å². The van der Waals surface area contributed by atoms with Crippen LogP contribution >= 0.6 is 0 Å². The summed E-state index contributed by atoms with van der Waals surface area (Å²) in [5.41, 5.74) is 5.87. The van der Waals surface area contributed by atoms with Crippen molar-refractivity contribution in [2.75, 3.05) is 31.6 Å². The number of pyridine rings is 2. The van der Waals surface area contributed by atoms with Gasteiger partial charge in [0.15, 0.2) is 0 Å². The van der Waals surface area contributed by atoms with E-state index in [1.165, 1.54) is 0 Å². The Morgan fingerprint density at radius 2 is 1.68 bits per heavy atom. The summed E-state index contributed by atoms with van der Waals surface area (Å²) >= 11 is 0. The lowest BCUT2D eigenvalue weighted by Crippen LogP contribution is -2.58. The number of likely N-dealkylation sites (tertiary alicyclic amines) is 1. The number of nitrogens with zero attached hydrogens (tertiary/aromatic N) is 3. The van der Waals surface area contributed by atoms with Gasteiger partial charge in [0, 0.05) is 55.4 Å². The Bertz CT molecular complexity index is 1880. The van der Waals surface area contributed by atoms with E-state index in [0.29, 0.717) is 25.4 Å². The first-order chi connectivity index (χ1) is 25.0. The van der Waals surface area contributed by atoms with E-state index >= 15 is 0 Å². The van der Waals surface area contributed by atoms with Gasteiger partial charge in [0.25, 0.3) is 11.8 Å². The number of rotatable bonds is 12. The Kier molecular flexibility index (Phi) is 12.5. The number of anilines is 1. The maximum absolute atomic E-state index is 15.0. The molecule has 12 heteroatoms. The van der Waals surface area contributed by atoms with Crippen LogP contribution in [-0.2, 0) is 16.0 Å². The number of alkyl halides is 2. The molecule has 0 bridgehead atoms. The Morgan fingerprint density at radius 3 is 2.36 bits per heavy atom. The van der Waals surface area contributed by atoms with Crippen molar-refractivity contribution in [3.63, 3.8) is 0 Å². The molecule has 1 atom stereocenters. The van der Waals surface area contributed by atoms with Gasteiger partial charge in [0.1, 0.15) is 29.7 Å². The molecule has 282 valence electrons. The lowest BCUT2D eigenvalue weighted by molar-refractivity contribution is -0.0859. The second-order valence-corrected chi connectivity index (χ2v) is 14.7. The molecule has 5 rings (SSSR count). The van der Waals surface area contributed by atoms with E-state index in [2.05, 4.69) is 20.6 Å². The number of carbonyl (C=O) groups is 2. The number of halogens is 2. The van der Waals surface area contributed by atoms with Crippen LogP contribution in [0, 0.1) is 13.8 Å². The Morgan fingerprint density at radius 1 is 0.943 bits per heavy atom. The van der Waals surface area contributed by atoms with Crippen molar-refractivity contribution in [2.24, 2.45) is 0 Å². The first-order valence-electron chi connectivity index (χ1n) is 17.8. The number of aromatic nitrogens is 2. The van der Waals surface area contributed by atoms with E-state index in [4.69, 9.17) is 14.2 Å². The molecule has 0 spiro atoms. The summed E-state index contributed by atoms with van der Waals surface area (Å²) in [4.78, 5) is 36.9. The average molecular weight is 730 g/mol. The van der Waals surface area contributed by atoms with Crippen LogP contribution in [0.3, 0.4) is 0 Å². The predicted molar refractivity (Wildman–Crippen MR) is 201 cm³/mol. The van der Waals surface area contributed by atoms with Gasteiger partial charge in [-0.25, -0.2) is 13.6 Å². The molecule has 1 aliphatic rings. The molecular formula is C41H49F2N5O5. The number of alkyl carbamates (subject to hydrolysis) is 1. The van der Waals surface area contributed by atoms with Crippen molar-refractivity contribution >= 4 is 17.7 Å². The SMILES string of the molecule is Cc1ccc(-c2cc(CN3CCC(F)(F)[C@H](NC(=O)OC(C)(C)C)C3)cc(NC(=O)c3cc(-c4ccc(OCCOC(C)C)cc4)c(C)cn3)c2)cn1. The highest BCUT2D eigenvalue weighted by Crippen LogP contribution is 2.32. The molecule has 4 aromatic rings. The first kappa shape index (κ1) is 39.3. The van der Waals surface area contributed by atoms with E-state index in [1.54, 1.807) is 39.2 Å². The second kappa shape index (κ2) is 16.8. The van der Waals surface area contributed by atoms with Gasteiger partial charge < -0.3 is 24.8 Å². The van der Waals surface area contributed by atoms with Gasteiger partial charge in [-0.1, -0.05) is 18.2 Å². The van der Waals surface area contributed by atoms with E-state index in [9.17, 15) is 18.4 Å². The smallest absolute Gasteiger partial charge is 0.408 e. The minimum atomic E-state index is -3.10. The normalized spacial score (nSPS) is 15.9. The highest BCUT2D eigenvalue weighted by Gasteiger charge is 2.45. The summed E-state index contributed by atoms with van der Waals surface area (Å²) in [6.45, 7) is 14.1. The number of piperidine rings is 1. The number of amides is 2. The summed E-state index contributed by atoms with van der Waals surface area (Å²) in [6, 6.07) is 17.5. The summed E-state index contributed by atoms with van der Waals surface area (Å²) in [5, 5.41) is 5.39. The van der Waals surface area contributed by atoms with Crippen LogP contribution in [0.4, 0.5) is 19.3 Å². The highest BCUT2D eigenvalue weighted by molar-refractivity contribution is 6.04. The number of benzene rings is 2. The standard InChI is InChI=1S/C41H49F2N5O5/c1-26(2)51-16-17-52-34-12-10-30(11-13-34)35-21-36(45-22-27(35)3)38(49)46-33-19-29(18-32(20-33)31-9-8-28(4)44-23-31)24-48-15-14-41(42,43)37(25-48)47-39(50)53-40(5,6)7/h8-13,18-23,26,37H,14-17,24-25H2,1-7H3,(H,46,49)(H,47,50)/t37-/m1/s1. The minimum absolute atomic E-state index is 0.0834. The summed E-state index contributed by atoms with van der Waals surface area (Å²) in [6.07, 6.45) is 2.26. The number of aryl methyl sites for hydroxylation is 2. The Balaban J connectivity index is 1.35. The zero-order valence-electron chi connectivity index (χ0n) is 31.5. The van der Waals surface area contributed by atoms with Crippen LogP contribution in [0.5, 0.6) is 5.75 Å². The fourth-order valence-corrected chi connectivity index (χ4v) is 5.96. The molecule has 1 saturated heterocycles. The molecule has 2 aromatic carbocycles. The van der Waals surface area contributed by atoms with E-state index in [0.717, 1.165) is 44.8 Å². The van der Waals surface area contributed by atoms with Gasteiger partial charge in [0.05, 0.1) is 12.7 Å². The van der Waals surface area contributed by atoms with E-state index in [-0.39, 0.29) is 24.9 Å². The van der Waals surface area contributed by atoms with Gasteiger partial charge in [-0.15, -0.1) is 0 Å². The third kappa shape index (κ3) is 11.3. The predicted octanol–water partition coefficient (Wildman–Crippen LogP) is 8.22. The van der Waals surface area contributed by atoms with E-state index < -0.39 is 36.0 Å². The number of carbonyl (C=O) groups excluding carboxylic acids is 2. The third-order valence-corrected chi connectivity index (χ3v) is 8.61. The summed E-state index contributed by atoms with van der Waals surface area (Å²) in [5.74, 6) is -2.78. The molecule has 0 aliphatic carbocycles. The van der Waals surface area contributed by atoms with Gasteiger partial charge in [0.2, 0.25) is 0 Å². The van der Waals surface area contributed by atoms with Crippen LogP contribution in [0.25, 0.3) is 22.3 Å². The van der Waals surface area contributed by atoms with Gasteiger partial charge >= 0.3 is 6.09 Å². The van der Waals surface area contributed by atoms with Crippen molar-refractivity contribution in [3.05, 3.63) is 95.6 Å². The number of hydrogen-bond acceptors (Lipinski definition) is 8. The molecule has 0 unspecified atom stereocenters. The summed E-state index contributed by atoms with van der Waals surface area (Å²) < 4.78 is 46.5. The molecule has 1 aliphatic heterocycles. The Labute approximate surface area is 310 Å². The zero-order valence-corrected chi connectivity index (χ0v) is 31.5. The number of ether oxygens (including phenoxy) is 3. The Hall–Kier alpha value is -4.94. The number of nitrogens with one attached hydrogen (secondary N) is 2.